The Hall–Kier alpha value is -1.63. The molecule has 4 atom stereocenters. The van der Waals surface area contributed by atoms with Crippen molar-refractivity contribution in [2.45, 2.75) is 18.9 Å². The molecule has 5 rings (SSSR count). The molecule has 4 heterocycles. The van der Waals surface area contributed by atoms with Gasteiger partial charge in [-0.25, -0.2) is 4.79 Å². The molecule has 2 amide bonds. The minimum absolute atomic E-state index is 0.0992. The predicted octanol–water partition coefficient (Wildman–Crippen LogP) is 1.77. The van der Waals surface area contributed by atoms with E-state index >= 15 is 0 Å². The fourth-order valence-electron chi connectivity index (χ4n) is 4.94. The van der Waals surface area contributed by atoms with Crippen LogP contribution in [0.5, 0.6) is 0 Å². The summed E-state index contributed by atoms with van der Waals surface area (Å²) in [5, 5.41) is 5.99. The standard InChI is InChI=1S/C21H33N5O/c1-24-9-11-25(12-10-24)15-18-16-26-8-7-17(18)13-20(26)14-22-21(27)23-19-5-3-2-4-6-19/h2-6,17-18,20H,7-16H2,1H3,(H2,22,23,27)/t17-,18-,20+/m0/s1. The maximum Gasteiger partial charge on any atom is 0.319 e. The number of piperazine rings is 1. The summed E-state index contributed by atoms with van der Waals surface area (Å²) in [7, 11) is 2.22. The van der Waals surface area contributed by atoms with E-state index in [1.54, 1.807) is 0 Å². The second kappa shape index (κ2) is 8.59. The Morgan fingerprint density at radius 2 is 1.89 bits per heavy atom. The van der Waals surface area contributed by atoms with E-state index in [-0.39, 0.29) is 6.03 Å². The number of anilines is 1. The van der Waals surface area contributed by atoms with E-state index in [1.165, 1.54) is 58.7 Å². The number of para-hydroxylation sites is 1. The Labute approximate surface area is 162 Å². The van der Waals surface area contributed by atoms with Gasteiger partial charge in [-0.2, -0.15) is 0 Å². The quantitative estimate of drug-likeness (QED) is 0.828. The van der Waals surface area contributed by atoms with Crippen LogP contribution in [-0.2, 0) is 0 Å². The van der Waals surface area contributed by atoms with E-state index in [0.29, 0.717) is 6.04 Å². The SMILES string of the molecule is CN1CCN(C[C@H]2CN3CC[C@H]2C[C@@H]3CNC(=O)Nc2ccccc2)CC1. The number of urea groups is 1. The number of nitrogens with zero attached hydrogens (tertiary/aromatic N) is 3. The van der Waals surface area contributed by atoms with Gasteiger partial charge in [0.25, 0.3) is 0 Å². The lowest BCUT2D eigenvalue weighted by Crippen LogP contribution is -2.59. The summed E-state index contributed by atoms with van der Waals surface area (Å²) in [4.78, 5) is 19.9. The maximum atomic E-state index is 12.2. The minimum Gasteiger partial charge on any atom is -0.336 e. The summed E-state index contributed by atoms with van der Waals surface area (Å²) >= 11 is 0. The number of nitrogens with one attached hydrogen (secondary N) is 2. The Morgan fingerprint density at radius 3 is 2.59 bits per heavy atom. The van der Waals surface area contributed by atoms with Gasteiger partial charge in [-0.15, -0.1) is 0 Å². The Bertz CT molecular complexity index is 616. The summed E-state index contributed by atoms with van der Waals surface area (Å²) in [5.41, 5.74) is 0.840. The second-order valence-electron chi connectivity index (χ2n) is 8.50. The van der Waals surface area contributed by atoms with Crippen molar-refractivity contribution in [3.63, 3.8) is 0 Å². The van der Waals surface area contributed by atoms with Crippen LogP contribution in [0.1, 0.15) is 12.8 Å². The molecule has 0 aromatic heterocycles. The van der Waals surface area contributed by atoms with E-state index in [0.717, 1.165) is 24.1 Å². The smallest absolute Gasteiger partial charge is 0.319 e. The fraction of sp³-hybridized carbons (Fsp3) is 0.667. The molecule has 4 fully saturated rings. The number of hydrogen-bond acceptors (Lipinski definition) is 4. The normalized spacial score (nSPS) is 31.6. The van der Waals surface area contributed by atoms with Gasteiger partial charge in [0.05, 0.1) is 0 Å². The van der Waals surface area contributed by atoms with Crippen LogP contribution in [0.2, 0.25) is 0 Å². The number of carbonyl (C=O) groups excluding carboxylic acids is 1. The first kappa shape index (κ1) is 18.7. The molecule has 1 aromatic carbocycles. The number of likely N-dealkylation sites (N-methyl/N-ethyl adjacent to an activating group) is 1. The molecule has 0 radical (unpaired) electrons. The Morgan fingerprint density at radius 1 is 1.11 bits per heavy atom. The maximum absolute atomic E-state index is 12.2. The van der Waals surface area contributed by atoms with Gasteiger partial charge in [-0.3, -0.25) is 4.90 Å². The van der Waals surface area contributed by atoms with E-state index in [9.17, 15) is 4.79 Å². The van der Waals surface area contributed by atoms with Crippen molar-refractivity contribution < 1.29 is 4.79 Å². The van der Waals surface area contributed by atoms with Crippen molar-refractivity contribution in [3.8, 4) is 0 Å². The molecule has 148 valence electrons. The fourth-order valence-corrected chi connectivity index (χ4v) is 4.94. The molecule has 4 saturated heterocycles. The van der Waals surface area contributed by atoms with E-state index in [2.05, 4.69) is 32.4 Å². The molecule has 2 N–H and O–H groups in total. The highest BCUT2D eigenvalue weighted by Crippen LogP contribution is 2.36. The lowest BCUT2D eigenvalue weighted by Gasteiger charge is -2.51. The van der Waals surface area contributed by atoms with E-state index in [1.807, 2.05) is 30.3 Å². The van der Waals surface area contributed by atoms with Gasteiger partial charge >= 0.3 is 6.03 Å². The average molecular weight is 372 g/mol. The number of fused-ring (bicyclic) bond motifs is 3. The van der Waals surface area contributed by atoms with Gasteiger partial charge in [0, 0.05) is 57.5 Å². The molecule has 0 spiro atoms. The summed E-state index contributed by atoms with van der Waals surface area (Å²) < 4.78 is 0. The molecule has 1 unspecified atom stereocenters. The number of piperidine rings is 3. The third-order valence-corrected chi connectivity index (χ3v) is 6.63. The van der Waals surface area contributed by atoms with Crippen LogP contribution in [0.4, 0.5) is 10.5 Å². The van der Waals surface area contributed by atoms with Crippen molar-refractivity contribution in [1.29, 1.82) is 0 Å². The first-order valence-electron chi connectivity index (χ1n) is 10.4. The Kier molecular flexibility index (Phi) is 5.95. The van der Waals surface area contributed by atoms with Crippen molar-refractivity contribution in [1.82, 2.24) is 20.0 Å². The molecule has 2 bridgehead atoms. The molecule has 4 aliphatic heterocycles. The number of amides is 2. The minimum atomic E-state index is -0.0992. The second-order valence-corrected chi connectivity index (χ2v) is 8.50. The molecule has 6 nitrogen and oxygen atoms in total. The van der Waals surface area contributed by atoms with Gasteiger partial charge in [0.15, 0.2) is 0 Å². The van der Waals surface area contributed by atoms with Crippen LogP contribution in [0.15, 0.2) is 30.3 Å². The van der Waals surface area contributed by atoms with Gasteiger partial charge < -0.3 is 20.4 Å². The topological polar surface area (TPSA) is 50.9 Å². The first-order valence-corrected chi connectivity index (χ1v) is 10.4. The molecule has 0 aliphatic carbocycles. The lowest BCUT2D eigenvalue weighted by atomic mass is 9.75. The number of carbonyl (C=O) groups is 1. The zero-order valence-electron chi connectivity index (χ0n) is 16.4. The van der Waals surface area contributed by atoms with Crippen LogP contribution in [0.3, 0.4) is 0 Å². The van der Waals surface area contributed by atoms with Crippen LogP contribution in [-0.4, -0.2) is 86.2 Å². The highest BCUT2D eigenvalue weighted by atomic mass is 16.2. The van der Waals surface area contributed by atoms with Crippen molar-refractivity contribution in [3.05, 3.63) is 30.3 Å². The zero-order valence-corrected chi connectivity index (χ0v) is 16.4. The lowest BCUT2D eigenvalue weighted by molar-refractivity contribution is -0.0155. The highest BCUT2D eigenvalue weighted by molar-refractivity contribution is 5.89. The average Bonchev–Trinajstić information content (AvgIpc) is 2.70. The van der Waals surface area contributed by atoms with Gasteiger partial charge in [0.1, 0.15) is 0 Å². The van der Waals surface area contributed by atoms with E-state index in [4.69, 9.17) is 0 Å². The molecule has 4 aliphatic rings. The molecular weight excluding hydrogens is 338 g/mol. The predicted molar refractivity (Wildman–Crippen MR) is 109 cm³/mol. The van der Waals surface area contributed by atoms with Gasteiger partial charge in [-0.05, 0) is 50.4 Å². The number of hydrogen-bond donors (Lipinski definition) is 2. The highest BCUT2D eigenvalue weighted by Gasteiger charge is 2.40. The van der Waals surface area contributed by atoms with Crippen molar-refractivity contribution in [2.24, 2.45) is 11.8 Å². The summed E-state index contributed by atoms with van der Waals surface area (Å²) in [6.45, 7) is 9.21. The van der Waals surface area contributed by atoms with E-state index < -0.39 is 0 Å². The summed E-state index contributed by atoms with van der Waals surface area (Å²) in [6, 6.07) is 10.0. The third kappa shape index (κ3) is 4.81. The first-order chi connectivity index (χ1) is 13.2. The Balaban J connectivity index is 1.22. The number of rotatable bonds is 5. The van der Waals surface area contributed by atoms with Crippen molar-refractivity contribution >= 4 is 11.7 Å². The van der Waals surface area contributed by atoms with Crippen LogP contribution in [0.25, 0.3) is 0 Å². The van der Waals surface area contributed by atoms with Crippen molar-refractivity contribution in [2.75, 3.05) is 64.7 Å². The van der Waals surface area contributed by atoms with Crippen LogP contribution >= 0.6 is 0 Å². The largest absolute Gasteiger partial charge is 0.336 e. The number of benzene rings is 1. The molecule has 6 heteroatoms. The van der Waals surface area contributed by atoms with Gasteiger partial charge in [0.2, 0.25) is 0 Å². The molecule has 0 saturated carbocycles. The summed E-state index contributed by atoms with van der Waals surface area (Å²) in [6.07, 6.45) is 2.55. The monoisotopic (exact) mass is 371 g/mol. The van der Waals surface area contributed by atoms with Crippen LogP contribution in [0, 0.1) is 11.8 Å². The van der Waals surface area contributed by atoms with Crippen LogP contribution < -0.4 is 10.6 Å². The van der Waals surface area contributed by atoms with Gasteiger partial charge in [-0.1, -0.05) is 18.2 Å². The molecular formula is C21H33N5O. The summed E-state index contributed by atoms with van der Waals surface area (Å²) in [5.74, 6) is 1.62. The zero-order chi connectivity index (χ0) is 18.6. The molecule has 1 aromatic rings. The third-order valence-electron chi connectivity index (χ3n) is 6.63. The molecule has 27 heavy (non-hydrogen) atoms.